The van der Waals surface area contributed by atoms with E-state index in [2.05, 4.69) is 18.9 Å². The van der Waals surface area contributed by atoms with Crippen LogP contribution in [0.2, 0.25) is 0 Å². The summed E-state index contributed by atoms with van der Waals surface area (Å²) < 4.78 is 1.71. The first-order valence-electron chi connectivity index (χ1n) is 4.44. The maximum absolute atomic E-state index is 2.34. The molecule has 0 aliphatic heterocycles. The molecule has 0 spiro atoms. The van der Waals surface area contributed by atoms with Gasteiger partial charge < -0.3 is 0 Å². The van der Waals surface area contributed by atoms with E-state index in [1.807, 2.05) is 5.57 Å². The number of fused-ring (bicyclic) bond motifs is 2. The van der Waals surface area contributed by atoms with Crippen molar-refractivity contribution in [1.82, 2.24) is 0 Å². The molecule has 2 saturated carbocycles. The molecule has 0 aromatic rings. The van der Waals surface area contributed by atoms with Gasteiger partial charge in [0.1, 0.15) is 0 Å². The minimum absolute atomic E-state index is 0.994. The summed E-state index contributed by atoms with van der Waals surface area (Å²) in [5.41, 5.74) is 5.37. The summed E-state index contributed by atoms with van der Waals surface area (Å²) in [6, 6.07) is 0. The van der Waals surface area contributed by atoms with Crippen molar-refractivity contribution < 1.29 is 18.9 Å². The van der Waals surface area contributed by atoms with Crippen LogP contribution in [-0.2, 0) is 18.9 Å². The first kappa shape index (κ1) is 6.62. The van der Waals surface area contributed by atoms with E-state index < -0.39 is 0 Å². The van der Waals surface area contributed by atoms with E-state index in [4.69, 9.17) is 0 Å². The molecule has 60 valence electrons. The standard InChI is InChI=1S/C10H11.Ir/c1-2-8-4-6-10(8)9-5-3-7(1)9;/h7H,1,3-6H2;. The second-order valence-electron chi connectivity index (χ2n) is 3.80. The van der Waals surface area contributed by atoms with Gasteiger partial charge in [0, 0.05) is 0 Å². The molecule has 3 aliphatic rings. The molecule has 0 aromatic heterocycles. The summed E-state index contributed by atoms with van der Waals surface area (Å²) in [5, 5.41) is 0. The summed E-state index contributed by atoms with van der Waals surface area (Å²) in [5.74, 6) is 0.994. The zero-order chi connectivity index (χ0) is 7.42. The van der Waals surface area contributed by atoms with Gasteiger partial charge in [0.25, 0.3) is 0 Å². The number of hydrogen-bond acceptors (Lipinski definition) is 0. The Labute approximate surface area is 77.9 Å². The topological polar surface area (TPSA) is 0 Å². The Kier molecular flexibility index (Phi) is 1.25. The Morgan fingerprint density at radius 1 is 1.09 bits per heavy atom. The van der Waals surface area contributed by atoms with Gasteiger partial charge in [-0.3, -0.25) is 0 Å². The molecule has 0 bridgehead atoms. The van der Waals surface area contributed by atoms with Crippen LogP contribution in [0.5, 0.6) is 0 Å². The predicted octanol–water partition coefficient (Wildman–Crippen LogP) is 2.69. The van der Waals surface area contributed by atoms with Crippen molar-refractivity contribution in [2.24, 2.45) is 5.92 Å². The summed E-state index contributed by atoms with van der Waals surface area (Å²) in [4.78, 5) is 0. The van der Waals surface area contributed by atoms with Crippen LogP contribution in [0.15, 0.2) is 20.8 Å². The number of allylic oxidation sites excluding steroid dienone is 4. The molecular weight excluding hydrogens is 312 g/mol. The zero-order valence-electron chi connectivity index (χ0n) is 6.45. The number of hydrogen-bond donors (Lipinski definition) is 0. The Morgan fingerprint density at radius 2 is 1.91 bits per heavy atom. The van der Waals surface area contributed by atoms with E-state index in [1.54, 1.807) is 15.2 Å². The van der Waals surface area contributed by atoms with Crippen LogP contribution in [0.4, 0.5) is 0 Å². The quantitative estimate of drug-likeness (QED) is 0.643. The van der Waals surface area contributed by atoms with E-state index >= 15 is 0 Å². The molecule has 2 fully saturated rings. The molecule has 3 rings (SSSR count). The van der Waals surface area contributed by atoms with Crippen molar-refractivity contribution >= 4 is 0 Å². The zero-order valence-corrected chi connectivity index (χ0v) is 8.84. The fourth-order valence-electron chi connectivity index (χ4n) is 2.46. The molecule has 0 aromatic carbocycles. The fraction of sp³-hybridized carbons (Fsp3) is 0.600. The predicted molar refractivity (Wildman–Crippen MR) is 40.6 cm³/mol. The van der Waals surface area contributed by atoms with Crippen molar-refractivity contribution in [3.63, 3.8) is 0 Å². The average Bonchev–Trinajstić information content (AvgIpc) is 1.88. The van der Waals surface area contributed by atoms with Crippen molar-refractivity contribution in [2.45, 2.75) is 32.1 Å². The van der Waals surface area contributed by atoms with Crippen LogP contribution in [-0.4, -0.2) is 0 Å². The van der Waals surface area contributed by atoms with Crippen LogP contribution >= 0.6 is 0 Å². The minimum atomic E-state index is 0.994. The van der Waals surface area contributed by atoms with Gasteiger partial charge in [-0.1, -0.05) is 0 Å². The van der Waals surface area contributed by atoms with E-state index in [1.165, 1.54) is 32.1 Å². The normalized spacial score (nSPS) is 34.2. The summed E-state index contributed by atoms with van der Waals surface area (Å²) in [7, 11) is 0. The SMILES string of the molecule is [Ir][C]1=C2CCC2=C2CCC2C1. The third-order valence-corrected chi connectivity index (χ3v) is 4.57. The summed E-state index contributed by atoms with van der Waals surface area (Å²) in [6.45, 7) is 0. The third kappa shape index (κ3) is 0.737. The van der Waals surface area contributed by atoms with Crippen molar-refractivity contribution in [2.75, 3.05) is 0 Å². The molecule has 11 heavy (non-hydrogen) atoms. The van der Waals surface area contributed by atoms with Crippen molar-refractivity contribution in [3.8, 4) is 0 Å². The molecule has 0 nitrogen and oxygen atoms in total. The van der Waals surface area contributed by atoms with E-state index in [9.17, 15) is 0 Å². The van der Waals surface area contributed by atoms with Crippen molar-refractivity contribution in [3.05, 3.63) is 20.8 Å². The van der Waals surface area contributed by atoms with E-state index in [0.29, 0.717) is 0 Å². The van der Waals surface area contributed by atoms with Crippen LogP contribution in [0.3, 0.4) is 0 Å². The second-order valence-corrected chi connectivity index (χ2v) is 5.25. The second kappa shape index (κ2) is 2.08. The molecule has 1 unspecified atom stereocenters. The van der Waals surface area contributed by atoms with Gasteiger partial charge in [-0.05, 0) is 0 Å². The average molecular weight is 323 g/mol. The van der Waals surface area contributed by atoms with E-state index in [-0.39, 0.29) is 0 Å². The fourth-order valence-corrected chi connectivity index (χ4v) is 3.71. The summed E-state index contributed by atoms with van der Waals surface area (Å²) in [6.07, 6.45) is 7.09. The third-order valence-electron chi connectivity index (χ3n) is 3.36. The Bertz CT molecular complexity index is 283. The Morgan fingerprint density at radius 3 is 2.45 bits per heavy atom. The van der Waals surface area contributed by atoms with Gasteiger partial charge in [-0.25, -0.2) is 0 Å². The van der Waals surface area contributed by atoms with Crippen LogP contribution in [0.1, 0.15) is 32.1 Å². The molecule has 0 saturated heterocycles. The first-order valence-corrected chi connectivity index (χ1v) is 5.63. The van der Waals surface area contributed by atoms with Gasteiger partial charge in [0.05, 0.1) is 0 Å². The Balaban J connectivity index is 2.10. The maximum atomic E-state index is 2.34. The van der Waals surface area contributed by atoms with Gasteiger partial charge in [0.15, 0.2) is 0 Å². The molecular formula is C10H11Ir. The molecule has 0 amide bonds. The van der Waals surface area contributed by atoms with Gasteiger partial charge in [-0.2, -0.15) is 0 Å². The van der Waals surface area contributed by atoms with Crippen molar-refractivity contribution in [1.29, 1.82) is 0 Å². The van der Waals surface area contributed by atoms with Crippen LogP contribution in [0, 0.1) is 5.92 Å². The van der Waals surface area contributed by atoms with Crippen LogP contribution in [0.25, 0.3) is 0 Å². The molecule has 1 atom stereocenters. The first-order chi connectivity index (χ1) is 5.36. The van der Waals surface area contributed by atoms with Gasteiger partial charge >= 0.3 is 77.7 Å². The molecule has 3 aliphatic carbocycles. The number of rotatable bonds is 0. The van der Waals surface area contributed by atoms with Crippen LogP contribution < -0.4 is 0 Å². The molecule has 0 N–H and O–H groups in total. The Hall–Kier alpha value is 0.129. The van der Waals surface area contributed by atoms with Gasteiger partial charge in [0.2, 0.25) is 0 Å². The molecule has 1 heteroatoms. The monoisotopic (exact) mass is 324 g/mol. The molecule has 0 radical (unpaired) electrons. The summed E-state index contributed by atoms with van der Waals surface area (Å²) >= 11 is 2.34. The van der Waals surface area contributed by atoms with Gasteiger partial charge in [-0.15, -0.1) is 0 Å². The van der Waals surface area contributed by atoms with E-state index in [0.717, 1.165) is 5.92 Å². The molecule has 0 heterocycles.